The lowest BCUT2D eigenvalue weighted by Crippen LogP contribution is -2.05. The maximum absolute atomic E-state index is 6.14. The molecule has 0 unspecified atom stereocenters. The van der Waals surface area contributed by atoms with E-state index in [1.807, 2.05) is 0 Å². The van der Waals surface area contributed by atoms with Gasteiger partial charge in [-0.15, -0.1) is 0 Å². The van der Waals surface area contributed by atoms with Gasteiger partial charge in [-0.2, -0.15) is 0 Å². The molecule has 2 rings (SSSR count). The number of anilines is 3. The second kappa shape index (κ2) is 6.48. The summed E-state index contributed by atoms with van der Waals surface area (Å²) in [4.78, 5) is 8.21. The lowest BCUT2D eigenvalue weighted by atomic mass is 10.1. The van der Waals surface area contributed by atoms with E-state index in [1.54, 1.807) is 12.1 Å². The Morgan fingerprint density at radius 3 is 2.50 bits per heavy atom. The van der Waals surface area contributed by atoms with E-state index in [-0.39, 0.29) is 0 Å². The lowest BCUT2D eigenvalue weighted by molar-refractivity contribution is 0.908. The van der Waals surface area contributed by atoms with E-state index in [0.29, 0.717) is 32.4 Å². The fraction of sp³-hybridized carbons (Fsp3) is 0.231. The number of hydrogen-bond donors (Lipinski definition) is 2. The zero-order valence-corrected chi connectivity index (χ0v) is 13.0. The monoisotopic (exact) mass is 330 g/mol. The molecule has 106 valence electrons. The average molecular weight is 332 g/mol. The maximum Gasteiger partial charge on any atom is 0.139 e. The average Bonchev–Trinajstić information content (AvgIpc) is 2.40. The Kier molecular flexibility index (Phi) is 4.91. The summed E-state index contributed by atoms with van der Waals surface area (Å²) in [6.07, 6.45) is 3.11. The Morgan fingerprint density at radius 1 is 1.10 bits per heavy atom. The second-order valence-corrected chi connectivity index (χ2v) is 5.43. The molecule has 0 aliphatic rings. The molecule has 0 amide bonds. The van der Waals surface area contributed by atoms with E-state index in [0.717, 1.165) is 18.4 Å². The lowest BCUT2D eigenvalue weighted by Gasteiger charge is -2.13. The van der Waals surface area contributed by atoms with Gasteiger partial charge in [-0.25, -0.2) is 9.97 Å². The van der Waals surface area contributed by atoms with Crippen molar-refractivity contribution in [2.75, 3.05) is 11.1 Å². The SMILES string of the molecule is CCCc1c(N)ncnc1Nc1cc(Cl)c(Cl)cc1Cl. The number of nitrogens with two attached hydrogens (primary N) is 1. The third-order valence-corrected chi connectivity index (χ3v) is 3.78. The van der Waals surface area contributed by atoms with Crippen LogP contribution in [0.25, 0.3) is 0 Å². The third-order valence-electron chi connectivity index (χ3n) is 2.74. The summed E-state index contributed by atoms with van der Waals surface area (Å²) in [5.74, 6) is 1.08. The number of nitrogens with zero attached hydrogens (tertiary/aromatic N) is 2. The molecule has 3 N–H and O–H groups in total. The zero-order chi connectivity index (χ0) is 14.7. The summed E-state index contributed by atoms with van der Waals surface area (Å²) < 4.78 is 0. The van der Waals surface area contributed by atoms with Crippen LogP contribution in [-0.4, -0.2) is 9.97 Å². The summed E-state index contributed by atoms with van der Waals surface area (Å²) in [7, 11) is 0. The van der Waals surface area contributed by atoms with Gasteiger partial charge in [0, 0.05) is 5.56 Å². The van der Waals surface area contributed by atoms with Crippen LogP contribution >= 0.6 is 34.8 Å². The van der Waals surface area contributed by atoms with Crippen LogP contribution < -0.4 is 11.1 Å². The first-order chi connectivity index (χ1) is 9.52. The predicted molar refractivity (Wildman–Crippen MR) is 85.2 cm³/mol. The summed E-state index contributed by atoms with van der Waals surface area (Å²) >= 11 is 18.0. The van der Waals surface area contributed by atoms with Gasteiger partial charge in [-0.1, -0.05) is 48.1 Å². The molecule has 0 fully saturated rings. The summed E-state index contributed by atoms with van der Waals surface area (Å²) in [6.45, 7) is 2.06. The van der Waals surface area contributed by atoms with Crippen LogP contribution in [0.15, 0.2) is 18.5 Å². The minimum Gasteiger partial charge on any atom is -0.383 e. The first-order valence-corrected chi connectivity index (χ1v) is 7.17. The van der Waals surface area contributed by atoms with Crippen LogP contribution in [0, 0.1) is 0 Å². The van der Waals surface area contributed by atoms with Crippen LogP contribution in [-0.2, 0) is 6.42 Å². The Bertz CT molecular complexity index is 631. The van der Waals surface area contributed by atoms with E-state index in [1.165, 1.54) is 6.33 Å². The van der Waals surface area contributed by atoms with E-state index in [2.05, 4.69) is 22.2 Å². The minimum atomic E-state index is 0.401. The number of halogens is 3. The summed E-state index contributed by atoms with van der Waals surface area (Å²) in [5, 5.41) is 4.40. The Labute approximate surface area is 132 Å². The van der Waals surface area contributed by atoms with Crippen LogP contribution in [0.3, 0.4) is 0 Å². The molecule has 0 atom stereocenters. The molecule has 20 heavy (non-hydrogen) atoms. The van der Waals surface area contributed by atoms with Crippen molar-refractivity contribution >= 4 is 52.1 Å². The molecule has 1 heterocycles. The van der Waals surface area contributed by atoms with Gasteiger partial charge in [0.1, 0.15) is 18.0 Å². The Morgan fingerprint density at radius 2 is 1.80 bits per heavy atom. The molecule has 0 saturated carbocycles. The van der Waals surface area contributed by atoms with E-state index < -0.39 is 0 Å². The molecular formula is C13H13Cl3N4. The van der Waals surface area contributed by atoms with Crippen molar-refractivity contribution in [3.8, 4) is 0 Å². The van der Waals surface area contributed by atoms with Crippen molar-refractivity contribution in [2.24, 2.45) is 0 Å². The fourth-order valence-electron chi connectivity index (χ4n) is 1.78. The van der Waals surface area contributed by atoms with Crippen molar-refractivity contribution in [2.45, 2.75) is 19.8 Å². The van der Waals surface area contributed by atoms with Gasteiger partial charge in [0.25, 0.3) is 0 Å². The van der Waals surface area contributed by atoms with Crippen molar-refractivity contribution in [1.82, 2.24) is 9.97 Å². The van der Waals surface area contributed by atoms with Crippen LogP contribution in [0.2, 0.25) is 15.1 Å². The molecule has 2 aromatic rings. The van der Waals surface area contributed by atoms with Crippen molar-refractivity contribution in [3.05, 3.63) is 39.1 Å². The largest absolute Gasteiger partial charge is 0.383 e. The number of benzene rings is 1. The highest BCUT2D eigenvalue weighted by Gasteiger charge is 2.12. The molecule has 4 nitrogen and oxygen atoms in total. The highest BCUT2D eigenvalue weighted by molar-refractivity contribution is 6.44. The van der Waals surface area contributed by atoms with Crippen LogP contribution in [0.1, 0.15) is 18.9 Å². The third kappa shape index (κ3) is 3.26. The van der Waals surface area contributed by atoms with Crippen molar-refractivity contribution < 1.29 is 0 Å². The van der Waals surface area contributed by atoms with E-state index in [9.17, 15) is 0 Å². The van der Waals surface area contributed by atoms with E-state index >= 15 is 0 Å². The van der Waals surface area contributed by atoms with Crippen molar-refractivity contribution in [3.63, 3.8) is 0 Å². The zero-order valence-electron chi connectivity index (χ0n) is 10.8. The number of nitrogen functional groups attached to an aromatic ring is 1. The number of aromatic nitrogens is 2. The molecule has 0 radical (unpaired) electrons. The standard InChI is InChI=1S/C13H13Cl3N4/c1-2-3-7-12(17)18-6-19-13(7)20-11-5-9(15)8(14)4-10(11)16/h4-6H,2-3H2,1H3,(H3,17,18,19,20). The molecule has 1 aromatic heterocycles. The van der Waals surface area contributed by atoms with Crippen LogP contribution in [0.5, 0.6) is 0 Å². The molecule has 0 saturated heterocycles. The number of nitrogens with one attached hydrogen (secondary N) is 1. The molecule has 0 spiro atoms. The normalized spacial score (nSPS) is 10.6. The first-order valence-electron chi connectivity index (χ1n) is 6.03. The quantitative estimate of drug-likeness (QED) is 0.796. The minimum absolute atomic E-state index is 0.401. The van der Waals surface area contributed by atoms with Crippen LogP contribution in [0.4, 0.5) is 17.3 Å². The van der Waals surface area contributed by atoms with Gasteiger partial charge >= 0.3 is 0 Å². The van der Waals surface area contributed by atoms with Gasteiger partial charge in [-0.05, 0) is 18.6 Å². The molecule has 0 bridgehead atoms. The highest BCUT2D eigenvalue weighted by atomic mass is 35.5. The Hall–Kier alpha value is -1.23. The predicted octanol–water partition coefficient (Wildman–Crippen LogP) is 4.72. The molecule has 7 heteroatoms. The van der Waals surface area contributed by atoms with Gasteiger partial charge in [0.2, 0.25) is 0 Å². The highest BCUT2D eigenvalue weighted by Crippen LogP contribution is 2.34. The molecule has 0 aliphatic heterocycles. The van der Waals surface area contributed by atoms with Crippen molar-refractivity contribution in [1.29, 1.82) is 0 Å². The molecule has 1 aromatic carbocycles. The van der Waals surface area contributed by atoms with Gasteiger partial charge < -0.3 is 11.1 Å². The smallest absolute Gasteiger partial charge is 0.139 e. The van der Waals surface area contributed by atoms with Gasteiger partial charge in [-0.3, -0.25) is 0 Å². The Balaban J connectivity index is 2.40. The van der Waals surface area contributed by atoms with Gasteiger partial charge in [0.05, 0.1) is 20.8 Å². The number of hydrogen-bond acceptors (Lipinski definition) is 4. The summed E-state index contributed by atoms with van der Waals surface area (Å²) in [5.41, 5.74) is 7.36. The first kappa shape index (κ1) is 15.2. The molecule has 0 aliphatic carbocycles. The molecular weight excluding hydrogens is 319 g/mol. The van der Waals surface area contributed by atoms with E-state index in [4.69, 9.17) is 40.5 Å². The number of rotatable bonds is 4. The maximum atomic E-state index is 6.14. The second-order valence-electron chi connectivity index (χ2n) is 4.21. The van der Waals surface area contributed by atoms with Gasteiger partial charge in [0.15, 0.2) is 0 Å². The fourth-order valence-corrected chi connectivity index (χ4v) is 2.37. The summed E-state index contributed by atoms with van der Waals surface area (Å²) in [6, 6.07) is 3.23. The topological polar surface area (TPSA) is 63.8 Å².